The molecule has 0 saturated carbocycles. The number of halogens is 3. The van der Waals surface area contributed by atoms with Gasteiger partial charge in [-0.2, -0.15) is 13.2 Å². The van der Waals surface area contributed by atoms with Crippen LogP contribution >= 0.6 is 0 Å². The van der Waals surface area contributed by atoms with E-state index >= 15 is 0 Å². The number of imide groups is 1. The Morgan fingerprint density at radius 1 is 1.07 bits per heavy atom. The molecule has 2 unspecified atom stereocenters. The number of nitrogens with one attached hydrogen (secondary N) is 2. The Bertz CT molecular complexity index is 851. The Balaban J connectivity index is 1.69. The number of carbonyl (C=O) groups is 2. The summed E-state index contributed by atoms with van der Waals surface area (Å²) in [7, 11) is 0. The molecule has 1 fully saturated rings. The van der Waals surface area contributed by atoms with Crippen LogP contribution in [0.3, 0.4) is 0 Å². The molecule has 0 spiro atoms. The fourth-order valence-electron chi connectivity index (χ4n) is 3.54. The molecular weight excluding hydrogens is 397 g/mol. The summed E-state index contributed by atoms with van der Waals surface area (Å²) in [6.45, 7) is 0.710. The number of rotatable bonds is 7. The van der Waals surface area contributed by atoms with Gasteiger partial charge in [-0.1, -0.05) is 60.7 Å². The number of amides is 2. The van der Waals surface area contributed by atoms with E-state index in [4.69, 9.17) is 4.74 Å². The predicted molar refractivity (Wildman–Crippen MR) is 104 cm³/mol. The Morgan fingerprint density at radius 2 is 1.70 bits per heavy atom. The van der Waals surface area contributed by atoms with Crippen LogP contribution in [0.15, 0.2) is 60.7 Å². The zero-order chi connectivity index (χ0) is 21.6. The molecule has 0 bridgehead atoms. The number of hydrogen-bond donors (Lipinski definition) is 2. The molecule has 1 heterocycles. The van der Waals surface area contributed by atoms with Crippen LogP contribution in [0.25, 0.3) is 0 Å². The highest BCUT2D eigenvalue weighted by atomic mass is 19.4. The fraction of sp³-hybridized carbons (Fsp3) is 0.364. The maximum Gasteiger partial charge on any atom is 0.404 e. The van der Waals surface area contributed by atoms with Gasteiger partial charge < -0.3 is 10.1 Å². The molecular formula is C22H23F3N2O3. The van der Waals surface area contributed by atoms with Gasteiger partial charge in [0, 0.05) is 0 Å². The summed E-state index contributed by atoms with van der Waals surface area (Å²) in [5.74, 6) is -4.62. The minimum Gasteiger partial charge on any atom is -0.374 e. The summed E-state index contributed by atoms with van der Waals surface area (Å²) in [4.78, 5) is 25.3. The van der Waals surface area contributed by atoms with Crippen molar-refractivity contribution in [2.75, 3.05) is 13.2 Å². The van der Waals surface area contributed by atoms with Crippen molar-refractivity contribution in [3.05, 3.63) is 71.8 Å². The number of alkyl halides is 3. The van der Waals surface area contributed by atoms with Crippen LogP contribution < -0.4 is 10.6 Å². The van der Waals surface area contributed by atoms with Crippen molar-refractivity contribution in [2.24, 2.45) is 0 Å². The quantitative estimate of drug-likeness (QED) is 0.721. The fourth-order valence-corrected chi connectivity index (χ4v) is 3.54. The van der Waals surface area contributed by atoms with E-state index in [0.717, 1.165) is 5.56 Å². The SMILES string of the molecule is O=C(NC(=O)C1(COCc2ccccc2)CCCN1)C(c1ccccc1)C(F)(F)F. The molecule has 0 aliphatic carbocycles. The Hall–Kier alpha value is -2.71. The lowest BCUT2D eigenvalue weighted by atomic mass is 9.94. The highest BCUT2D eigenvalue weighted by molar-refractivity contribution is 6.03. The number of benzene rings is 2. The second-order valence-corrected chi connectivity index (χ2v) is 7.29. The average Bonchev–Trinajstić information content (AvgIpc) is 3.19. The summed E-state index contributed by atoms with van der Waals surface area (Å²) in [6.07, 6.45) is -3.81. The van der Waals surface area contributed by atoms with E-state index in [9.17, 15) is 22.8 Å². The van der Waals surface area contributed by atoms with Crippen LogP contribution in [0.5, 0.6) is 0 Å². The smallest absolute Gasteiger partial charge is 0.374 e. The lowest BCUT2D eigenvalue weighted by Gasteiger charge is -2.29. The van der Waals surface area contributed by atoms with E-state index in [1.54, 1.807) is 6.07 Å². The van der Waals surface area contributed by atoms with Gasteiger partial charge in [-0.3, -0.25) is 14.9 Å². The van der Waals surface area contributed by atoms with Crippen molar-refractivity contribution >= 4 is 11.8 Å². The Kier molecular flexibility index (Phi) is 6.89. The van der Waals surface area contributed by atoms with Gasteiger partial charge in [0.1, 0.15) is 5.54 Å². The molecule has 160 valence electrons. The van der Waals surface area contributed by atoms with Gasteiger partial charge in [-0.05, 0) is 30.5 Å². The van der Waals surface area contributed by atoms with E-state index < -0.39 is 29.4 Å². The summed E-state index contributed by atoms with van der Waals surface area (Å²) in [6, 6.07) is 16.1. The first-order valence-corrected chi connectivity index (χ1v) is 9.65. The highest BCUT2D eigenvalue weighted by Gasteiger charge is 2.49. The lowest BCUT2D eigenvalue weighted by molar-refractivity contribution is -0.166. The Morgan fingerprint density at radius 3 is 2.27 bits per heavy atom. The van der Waals surface area contributed by atoms with Gasteiger partial charge in [0.25, 0.3) is 0 Å². The molecule has 1 saturated heterocycles. The monoisotopic (exact) mass is 420 g/mol. The standard InChI is InChI=1S/C22H23F3N2O3/c23-22(24,25)18(17-10-5-2-6-11-17)19(28)27-20(29)21(12-7-13-26-21)15-30-14-16-8-3-1-4-9-16/h1-6,8-11,18,26H,7,12-15H2,(H,27,28,29). The molecule has 3 rings (SSSR count). The molecule has 1 aliphatic heterocycles. The van der Waals surface area contributed by atoms with E-state index in [1.807, 2.05) is 35.6 Å². The van der Waals surface area contributed by atoms with Gasteiger partial charge in [0.2, 0.25) is 11.8 Å². The topological polar surface area (TPSA) is 67.4 Å². The molecule has 5 nitrogen and oxygen atoms in total. The second-order valence-electron chi connectivity index (χ2n) is 7.29. The summed E-state index contributed by atoms with van der Waals surface area (Å²) >= 11 is 0. The van der Waals surface area contributed by atoms with Crippen LogP contribution in [0.2, 0.25) is 0 Å². The van der Waals surface area contributed by atoms with Crippen molar-refractivity contribution in [3.63, 3.8) is 0 Å². The first kappa shape index (κ1) is 22.0. The zero-order valence-corrected chi connectivity index (χ0v) is 16.2. The minimum atomic E-state index is -4.83. The van der Waals surface area contributed by atoms with E-state index in [2.05, 4.69) is 5.32 Å². The van der Waals surface area contributed by atoms with Gasteiger partial charge in [0.15, 0.2) is 5.92 Å². The molecule has 2 aromatic carbocycles. The van der Waals surface area contributed by atoms with Crippen molar-refractivity contribution < 1.29 is 27.5 Å². The highest BCUT2D eigenvalue weighted by Crippen LogP contribution is 2.35. The van der Waals surface area contributed by atoms with Crippen LogP contribution in [0.4, 0.5) is 13.2 Å². The van der Waals surface area contributed by atoms with Crippen molar-refractivity contribution in [1.29, 1.82) is 0 Å². The first-order chi connectivity index (χ1) is 14.3. The molecule has 30 heavy (non-hydrogen) atoms. The predicted octanol–water partition coefficient (Wildman–Crippen LogP) is 3.31. The molecule has 2 amide bonds. The van der Waals surface area contributed by atoms with Gasteiger partial charge in [-0.25, -0.2) is 0 Å². The summed E-state index contributed by atoms with van der Waals surface area (Å²) in [5.41, 5.74) is -0.551. The molecule has 2 aromatic rings. The van der Waals surface area contributed by atoms with E-state index in [0.29, 0.717) is 19.4 Å². The van der Waals surface area contributed by atoms with Crippen molar-refractivity contribution in [3.8, 4) is 0 Å². The normalized spacial score (nSPS) is 20.0. The van der Waals surface area contributed by atoms with Crippen LogP contribution in [-0.4, -0.2) is 36.7 Å². The lowest BCUT2D eigenvalue weighted by Crippen LogP contribution is -2.58. The molecule has 2 atom stereocenters. The molecule has 8 heteroatoms. The third-order valence-electron chi connectivity index (χ3n) is 5.10. The molecule has 2 N–H and O–H groups in total. The van der Waals surface area contributed by atoms with Crippen molar-refractivity contribution in [2.45, 2.75) is 37.1 Å². The Labute approximate surface area is 172 Å². The number of carbonyl (C=O) groups excluding carboxylic acids is 2. The summed E-state index contributed by atoms with van der Waals surface area (Å²) in [5, 5.41) is 4.98. The van der Waals surface area contributed by atoms with Gasteiger partial charge >= 0.3 is 6.18 Å². The zero-order valence-electron chi connectivity index (χ0n) is 16.2. The maximum atomic E-state index is 13.6. The van der Waals surface area contributed by atoms with Crippen LogP contribution in [0, 0.1) is 0 Å². The van der Waals surface area contributed by atoms with Crippen LogP contribution in [0.1, 0.15) is 29.9 Å². The minimum absolute atomic E-state index is 0.0526. The molecule has 1 aliphatic rings. The van der Waals surface area contributed by atoms with E-state index in [1.165, 1.54) is 24.3 Å². The third-order valence-corrected chi connectivity index (χ3v) is 5.10. The van der Waals surface area contributed by atoms with Crippen molar-refractivity contribution in [1.82, 2.24) is 10.6 Å². The van der Waals surface area contributed by atoms with E-state index in [-0.39, 0.29) is 18.8 Å². The first-order valence-electron chi connectivity index (χ1n) is 9.65. The second kappa shape index (κ2) is 9.40. The van der Waals surface area contributed by atoms with Crippen LogP contribution in [-0.2, 0) is 20.9 Å². The largest absolute Gasteiger partial charge is 0.404 e. The molecule has 0 radical (unpaired) electrons. The average molecular weight is 420 g/mol. The summed E-state index contributed by atoms with van der Waals surface area (Å²) < 4.78 is 46.3. The number of hydrogen-bond acceptors (Lipinski definition) is 4. The maximum absolute atomic E-state index is 13.6. The third kappa shape index (κ3) is 5.25. The number of ether oxygens (including phenoxy) is 1. The van der Waals surface area contributed by atoms with Gasteiger partial charge in [0.05, 0.1) is 13.2 Å². The molecule has 0 aromatic heterocycles. The van der Waals surface area contributed by atoms with Gasteiger partial charge in [-0.15, -0.1) is 0 Å².